The fourth-order valence-corrected chi connectivity index (χ4v) is 3.50. The lowest BCUT2D eigenvalue weighted by atomic mass is 9.93. The van der Waals surface area contributed by atoms with Gasteiger partial charge >= 0.3 is 0 Å². The summed E-state index contributed by atoms with van der Waals surface area (Å²) in [6.45, 7) is 0.794. The molecule has 0 saturated carbocycles. The van der Waals surface area contributed by atoms with Gasteiger partial charge in [-0.25, -0.2) is 0 Å². The van der Waals surface area contributed by atoms with E-state index in [-0.39, 0.29) is 12.5 Å². The van der Waals surface area contributed by atoms with Gasteiger partial charge in [-0.3, -0.25) is 0 Å². The van der Waals surface area contributed by atoms with Crippen molar-refractivity contribution in [2.75, 3.05) is 24.7 Å². The zero-order valence-corrected chi connectivity index (χ0v) is 11.2. The molecule has 1 fully saturated rings. The Bertz CT molecular complexity index is 336. The van der Waals surface area contributed by atoms with Crippen LogP contribution in [0.3, 0.4) is 0 Å². The van der Waals surface area contributed by atoms with Crippen LogP contribution in [0.1, 0.15) is 6.42 Å². The summed E-state index contributed by atoms with van der Waals surface area (Å²) in [6, 6.07) is 7.35. The van der Waals surface area contributed by atoms with Crippen LogP contribution in [-0.4, -0.2) is 29.8 Å². The molecule has 1 aromatic rings. The fraction of sp³-hybridized carbons (Fsp3) is 0.538. The molecule has 1 N–H and O–H groups in total. The Kier molecular flexibility index (Phi) is 5.01. The van der Waals surface area contributed by atoms with Crippen LogP contribution in [0.4, 0.5) is 0 Å². The highest BCUT2D eigenvalue weighted by Crippen LogP contribution is 2.30. The third kappa shape index (κ3) is 3.80. The average molecular weight is 273 g/mol. The Labute approximate surface area is 111 Å². The molecule has 2 unspecified atom stereocenters. The van der Waals surface area contributed by atoms with Gasteiger partial charge in [0.25, 0.3) is 0 Å². The number of halogens is 1. The predicted octanol–water partition coefficient (Wildman–Crippen LogP) is 3.08. The molecule has 2 atom stereocenters. The lowest BCUT2D eigenvalue weighted by Crippen LogP contribution is -2.25. The minimum atomic E-state index is 0.207. The van der Waals surface area contributed by atoms with Crippen molar-refractivity contribution in [3.05, 3.63) is 29.3 Å². The third-order valence-corrected chi connectivity index (χ3v) is 4.58. The van der Waals surface area contributed by atoms with Crippen LogP contribution in [0.15, 0.2) is 24.3 Å². The van der Waals surface area contributed by atoms with Crippen molar-refractivity contribution in [2.24, 2.45) is 11.8 Å². The number of aliphatic hydroxyl groups excluding tert-OH is 1. The van der Waals surface area contributed by atoms with E-state index in [1.54, 1.807) is 0 Å². The van der Waals surface area contributed by atoms with E-state index in [2.05, 4.69) is 0 Å². The fourth-order valence-electron chi connectivity index (χ4n) is 2.00. The molecule has 1 aliphatic rings. The van der Waals surface area contributed by atoms with Crippen molar-refractivity contribution in [3.63, 3.8) is 0 Å². The minimum Gasteiger partial charge on any atom is -0.493 e. The first-order valence-electron chi connectivity index (χ1n) is 5.86. The Balaban J connectivity index is 1.84. The summed E-state index contributed by atoms with van der Waals surface area (Å²) >= 11 is 7.77. The Morgan fingerprint density at radius 1 is 1.41 bits per heavy atom. The van der Waals surface area contributed by atoms with E-state index in [0.29, 0.717) is 17.5 Å². The maximum atomic E-state index is 9.40. The first kappa shape index (κ1) is 13.1. The molecule has 1 saturated heterocycles. The molecule has 17 heavy (non-hydrogen) atoms. The molecule has 0 radical (unpaired) electrons. The molecule has 2 rings (SSSR count). The van der Waals surface area contributed by atoms with Crippen molar-refractivity contribution >= 4 is 23.4 Å². The number of benzene rings is 1. The van der Waals surface area contributed by atoms with Gasteiger partial charge in [-0.05, 0) is 48.1 Å². The van der Waals surface area contributed by atoms with Crippen LogP contribution in [0.5, 0.6) is 5.75 Å². The van der Waals surface area contributed by atoms with Crippen molar-refractivity contribution in [3.8, 4) is 5.75 Å². The molecule has 0 amide bonds. The predicted molar refractivity (Wildman–Crippen MR) is 73.0 cm³/mol. The molecular weight excluding hydrogens is 256 g/mol. The summed E-state index contributed by atoms with van der Waals surface area (Å²) in [5.74, 6) is 4.02. The molecular formula is C13H17ClO2S. The van der Waals surface area contributed by atoms with Crippen molar-refractivity contribution in [1.82, 2.24) is 0 Å². The normalized spacial score (nSPS) is 21.4. The Morgan fingerprint density at radius 3 is 2.76 bits per heavy atom. The first-order valence-corrected chi connectivity index (χ1v) is 7.40. The monoisotopic (exact) mass is 272 g/mol. The number of thioether (sulfide) groups is 1. The molecule has 1 heterocycles. The van der Waals surface area contributed by atoms with Gasteiger partial charge in [0.15, 0.2) is 0 Å². The second kappa shape index (κ2) is 6.53. The molecule has 0 spiro atoms. The summed E-state index contributed by atoms with van der Waals surface area (Å²) in [4.78, 5) is 0. The third-order valence-electron chi connectivity index (χ3n) is 3.14. The van der Waals surface area contributed by atoms with Crippen LogP contribution >= 0.6 is 23.4 Å². The number of rotatable bonds is 5. The summed E-state index contributed by atoms with van der Waals surface area (Å²) in [5, 5.41) is 10.1. The van der Waals surface area contributed by atoms with Gasteiger partial charge in [-0.15, -0.1) is 0 Å². The summed E-state index contributed by atoms with van der Waals surface area (Å²) < 4.78 is 5.70. The average Bonchev–Trinajstić information content (AvgIpc) is 2.86. The van der Waals surface area contributed by atoms with Crippen LogP contribution in [0.25, 0.3) is 0 Å². The van der Waals surface area contributed by atoms with E-state index >= 15 is 0 Å². The molecule has 0 aromatic heterocycles. The highest BCUT2D eigenvalue weighted by molar-refractivity contribution is 7.99. The largest absolute Gasteiger partial charge is 0.493 e. The number of hydrogen-bond donors (Lipinski definition) is 1. The molecule has 1 aromatic carbocycles. The first-order chi connectivity index (χ1) is 8.29. The maximum Gasteiger partial charge on any atom is 0.119 e. The smallest absolute Gasteiger partial charge is 0.119 e. The zero-order chi connectivity index (χ0) is 12.1. The van der Waals surface area contributed by atoms with Gasteiger partial charge in [0.2, 0.25) is 0 Å². The van der Waals surface area contributed by atoms with Gasteiger partial charge in [-0.1, -0.05) is 11.6 Å². The highest BCUT2D eigenvalue weighted by Gasteiger charge is 2.25. The molecule has 94 valence electrons. The maximum absolute atomic E-state index is 9.40. The topological polar surface area (TPSA) is 29.5 Å². The van der Waals surface area contributed by atoms with E-state index in [9.17, 15) is 5.11 Å². The van der Waals surface area contributed by atoms with E-state index in [4.69, 9.17) is 16.3 Å². The minimum absolute atomic E-state index is 0.207. The SMILES string of the molecule is OCC(COc1ccc(Cl)cc1)C1CCSC1. The van der Waals surface area contributed by atoms with Crippen LogP contribution in [0.2, 0.25) is 5.02 Å². The van der Waals surface area contributed by atoms with Crippen LogP contribution in [0, 0.1) is 11.8 Å². The quantitative estimate of drug-likeness (QED) is 0.893. The van der Waals surface area contributed by atoms with E-state index < -0.39 is 0 Å². The lowest BCUT2D eigenvalue weighted by molar-refractivity contribution is 0.126. The zero-order valence-electron chi connectivity index (χ0n) is 9.64. The summed E-state index contributed by atoms with van der Waals surface area (Å²) in [6.07, 6.45) is 1.19. The number of hydrogen-bond acceptors (Lipinski definition) is 3. The summed E-state index contributed by atoms with van der Waals surface area (Å²) in [7, 11) is 0. The van der Waals surface area contributed by atoms with Crippen LogP contribution < -0.4 is 4.74 Å². The standard InChI is InChI=1S/C13H17ClO2S/c14-12-1-3-13(4-2-12)16-8-11(7-15)10-5-6-17-9-10/h1-4,10-11,15H,5-9H2. The van der Waals surface area contributed by atoms with Gasteiger partial charge in [0, 0.05) is 17.5 Å². The van der Waals surface area contributed by atoms with Gasteiger partial charge in [-0.2, -0.15) is 11.8 Å². The van der Waals surface area contributed by atoms with E-state index in [1.807, 2.05) is 36.0 Å². The van der Waals surface area contributed by atoms with Crippen molar-refractivity contribution < 1.29 is 9.84 Å². The molecule has 1 aliphatic heterocycles. The van der Waals surface area contributed by atoms with E-state index in [1.165, 1.54) is 12.2 Å². The van der Waals surface area contributed by atoms with Crippen molar-refractivity contribution in [2.45, 2.75) is 6.42 Å². The second-order valence-electron chi connectivity index (χ2n) is 4.33. The summed E-state index contributed by atoms with van der Waals surface area (Å²) in [5.41, 5.74) is 0. The van der Waals surface area contributed by atoms with Gasteiger partial charge < -0.3 is 9.84 Å². The number of aliphatic hydroxyl groups is 1. The Hall–Kier alpha value is -0.380. The van der Waals surface area contributed by atoms with Gasteiger partial charge in [0.1, 0.15) is 5.75 Å². The lowest BCUT2D eigenvalue weighted by Gasteiger charge is -2.20. The molecule has 0 aliphatic carbocycles. The van der Waals surface area contributed by atoms with Gasteiger partial charge in [0.05, 0.1) is 6.61 Å². The highest BCUT2D eigenvalue weighted by atomic mass is 35.5. The molecule has 4 heteroatoms. The number of ether oxygens (including phenoxy) is 1. The molecule has 2 nitrogen and oxygen atoms in total. The second-order valence-corrected chi connectivity index (χ2v) is 5.92. The molecule has 0 bridgehead atoms. The van der Waals surface area contributed by atoms with E-state index in [0.717, 1.165) is 11.5 Å². The van der Waals surface area contributed by atoms with Crippen molar-refractivity contribution in [1.29, 1.82) is 0 Å². The van der Waals surface area contributed by atoms with Crippen LogP contribution in [-0.2, 0) is 0 Å². The Morgan fingerprint density at radius 2 is 2.18 bits per heavy atom.